The van der Waals surface area contributed by atoms with Gasteiger partial charge < -0.3 is 15.4 Å². The first-order valence-corrected chi connectivity index (χ1v) is 14.3. The summed E-state index contributed by atoms with van der Waals surface area (Å²) >= 11 is 0. The van der Waals surface area contributed by atoms with E-state index in [0.717, 1.165) is 32.2 Å². The quantitative estimate of drug-likeness (QED) is 0.401. The molecule has 11 nitrogen and oxygen atoms in total. The molecule has 0 aromatic heterocycles. The first-order valence-electron chi connectivity index (χ1n) is 12.3. The van der Waals surface area contributed by atoms with E-state index in [-0.39, 0.29) is 18.4 Å². The van der Waals surface area contributed by atoms with Crippen molar-refractivity contribution < 1.29 is 22.7 Å². The van der Waals surface area contributed by atoms with Crippen LogP contribution < -0.4 is 21.7 Å². The van der Waals surface area contributed by atoms with Gasteiger partial charge in [0.1, 0.15) is 11.9 Å². The standard InChI is InChI=1S/C22H42N6O5S/c1-22(2,3)33-21(30)28-11-7-10-27(12-13-28)20-24-14-15(18(23)29)19(26-20)25-16-8-5-6-9-17(16)34(4,31)32/h15-17,19-20,24-26H,5-14H2,1-4H3,(H2,23,29). The van der Waals surface area contributed by atoms with Crippen LogP contribution >= 0.6 is 0 Å². The van der Waals surface area contributed by atoms with Crippen molar-refractivity contribution in [3.8, 4) is 0 Å². The number of hydrogen-bond acceptors (Lipinski definition) is 9. The van der Waals surface area contributed by atoms with Crippen LogP contribution in [0.3, 0.4) is 0 Å². The Labute approximate surface area is 203 Å². The van der Waals surface area contributed by atoms with E-state index in [9.17, 15) is 18.0 Å². The molecule has 3 rings (SSSR count). The van der Waals surface area contributed by atoms with Gasteiger partial charge >= 0.3 is 6.09 Å². The third-order valence-electron chi connectivity index (χ3n) is 6.83. The van der Waals surface area contributed by atoms with E-state index in [0.29, 0.717) is 32.6 Å². The van der Waals surface area contributed by atoms with Crippen LogP contribution in [-0.2, 0) is 19.4 Å². The number of nitrogens with one attached hydrogen (secondary N) is 3. The minimum atomic E-state index is -3.21. The summed E-state index contributed by atoms with van der Waals surface area (Å²) in [6.45, 7) is 8.48. The van der Waals surface area contributed by atoms with Gasteiger partial charge in [0, 0.05) is 45.0 Å². The van der Waals surface area contributed by atoms with Gasteiger partial charge in [0.05, 0.1) is 17.3 Å². The van der Waals surface area contributed by atoms with Crippen LogP contribution in [-0.4, -0.2) is 98.5 Å². The number of amides is 2. The second-order valence-electron chi connectivity index (χ2n) is 10.7. The second-order valence-corrected chi connectivity index (χ2v) is 13.0. The van der Waals surface area contributed by atoms with Gasteiger partial charge in [0.25, 0.3) is 0 Å². The summed E-state index contributed by atoms with van der Waals surface area (Å²) in [6, 6.07) is -0.228. The van der Waals surface area contributed by atoms with Gasteiger partial charge in [-0.15, -0.1) is 0 Å². The van der Waals surface area contributed by atoms with Crippen LogP contribution in [0.15, 0.2) is 0 Å². The van der Waals surface area contributed by atoms with Crippen molar-refractivity contribution in [3.05, 3.63) is 0 Å². The van der Waals surface area contributed by atoms with Crippen LogP contribution in [0.4, 0.5) is 4.79 Å². The van der Waals surface area contributed by atoms with E-state index in [1.165, 1.54) is 6.26 Å². The first kappa shape index (κ1) is 27.1. The predicted octanol–water partition coefficient (Wildman–Crippen LogP) is -0.221. The van der Waals surface area contributed by atoms with E-state index in [1.54, 1.807) is 4.90 Å². The number of primary amides is 1. The summed E-state index contributed by atoms with van der Waals surface area (Å²) < 4.78 is 30.2. The molecule has 2 saturated heterocycles. The number of ether oxygens (including phenoxy) is 1. The fraction of sp³-hybridized carbons (Fsp3) is 0.909. The third-order valence-corrected chi connectivity index (χ3v) is 8.49. The van der Waals surface area contributed by atoms with Gasteiger partial charge in [-0.3, -0.25) is 25.6 Å². The van der Waals surface area contributed by atoms with Crippen molar-refractivity contribution in [2.75, 3.05) is 39.0 Å². The zero-order valence-electron chi connectivity index (χ0n) is 20.9. The highest BCUT2D eigenvalue weighted by Crippen LogP contribution is 2.25. The molecular formula is C22H42N6O5S. The second kappa shape index (κ2) is 11.1. The van der Waals surface area contributed by atoms with Crippen molar-refractivity contribution in [2.24, 2.45) is 11.7 Å². The van der Waals surface area contributed by atoms with Crippen LogP contribution in [0.25, 0.3) is 0 Å². The minimum Gasteiger partial charge on any atom is -0.444 e. The Morgan fingerprint density at radius 1 is 1.06 bits per heavy atom. The van der Waals surface area contributed by atoms with Crippen molar-refractivity contribution in [1.29, 1.82) is 0 Å². The average Bonchev–Trinajstić information content (AvgIpc) is 2.98. The zero-order chi connectivity index (χ0) is 25.1. The lowest BCUT2D eigenvalue weighted by Crippen LogP contribution is -2.72. The molecule has 0 aromatic rings. The Morgan fingerprint density at radius 3 is 2.41 bits per heavy atom. The highest BCUT2D eigenvalue weighted by atomic mass is 32.2. The van der Waals surface area contributed by atoms with E-state index in [2.05, 4.69) is 20.9 Å². The molecule has 2 amide bonds. The Hall–Kier alpha value is -1.47. The molecule has 0 spiro atoms. The molecule has 0 aromatic carbocycles. The predicted molar refractivity (Wildman–Crippen MR) is 129 cm³/mol. The Kier molecular flexibility index (Phi) is 8.83. The molecule has 3 fully saturated rings. The first-order chi connectivity index (χ1) is 15.8. The number of hydrogen-bond donors (Lipinski definition) is 4. The lowest BCUT2D eigenvalue weighted by atomic mass is 9.93. The molecule has 5 N–H and O–H groups in total. The molecule has 0 radical (unpaired) electrons. The molecule has 2 aliphatic heterocycles. The molecule has 1 aliphatic carbocycles. The monoisotopic (exact) mass is 502 g/mol. The van der Waals surface area contributed by atoms with E-state index < -0.39 is 38.7 Å². The number of carbonyl (C=O) groups excluding carboxylic acids is 2. The summed E-state index contributed by atoms with van der Waals surface area (Å²) in [7, 11) is -3.21. The van der Waals surface area contributed by atoms with E-state index in [1.807, 2.05) is 20.8 Å². The number of rotatable bonds is 5. The van der Waals surface area contributed by atoms with Gasteiger partial charge in [-0.05, 0) is 40.0 Å². The van der Waals surface area contributed by atoms with E-state index in [4.69, 9.17) is 10.5 Å². The SMILES string of the molecule is CC(C)(C)OC(=O)N1CCCN(C2NCC(C(N)=O)C(NC3CCCCC3S(C)(=O)=O)N2)CC1. The average molecular weight is 503 g/mol. The van der Waals surface area contributed by atoms with Gasteiger partial charge in [-0.25, -0.2) is 13.2 Å². The maximum atomic E-state index is 12.5. The van der Waals surface area contributed by atoms with Crippen molar-refractivity contribution >= 4 is 21.8 Å². The number of sulfone groups is 1. The lowest BCUT2D eigenvalue weighted by Gasteiger charge is -2.44. The van der Waals surface area contributed by atoms with Crippen molar-refractivity contribution in [2.45, 2.75) is 82.2 Å². The lowest BCUT2D eigenvalue weighted by molar-refractivity contribution is -0.124. The summed E-state index contributed by atoms with van der Waals surface area (Å²) in [4.78, 5) is 28.6. The zero-order valence-corrected chi connectivity index (χ0v) is 21.7. The molecule has 2 heterocycles. The van der Waals surface area contributed by atoms with Gasteiger partial charge in [-0.2, -0.15) is 0 Å². The fourth-order valence-electron chi connectivity index (χ4n) is 5.10. The summed E-state index contributed by atoms with van der Waals surface area (Å²) in [6.07, 6.45) is 4.30. The largest absolute Gasteiger partial charge is 0.444 e. The topological polar surface area (TPSA) is 146 Å². The van der Waals surface area contributed by atoms with Gasteiger partial charge in [-0.1, -0.05) is 12.8 Å². The molecular weight excluding hydrogens is 460 g/mol. The minimum absolute atomic E-state index is 0.228. The molecule has 12 heteroatoms. The third kappa shape index (κ3) is 7.27. The number of nitrogens with zero attached hydrogens (tertiary/aromatic N) is 2. The summed E-state index contributed by atoms with van der Waals surface area (Å²) in [5.41, 5.74) is 5.14. The molecule has 3 aliphatic rings. The maximum absolute atomic E-state index is 12.5. The smallest absolute Gasteiger partial charge is 0.410 e. The normalized spacial score (nSPS) is 32.1. The van der Waals surface area contributed by atoms with Gasteiger partial charge in [0.15, 0.2) is 9.84 Å². The Morgan fingerprint density at radius 2 is 1.76 bits per heavy atom. The molecule has 5 unspecified atom stereocenters. The number of nitrogens with two attached hydrogens (primary N) is 1. The Balaban J connectivity index is 1.65. The van der Waals surface area contributed by atoms with Crippen LogP contribution in [0.1, 0.15) is 52.9 Å². The van der Waals surface area contributed by atoms with Crippen molar-refractivity contribution in [1.82, 2.24) is 25.8 Å². The fourth-order valence-corrected chi connectivity index (χ4v) is 6.51. The van der Waals surface area contributed by atoms with Crippen LogP contribution in [0.2, 0.25) is 0 Å². The van der Waals surface area contributed by atoms with Crippen LogP contribution in [0.5, 0.6) is 0 Å². The summed E-state index contributed by atoms with van der Waals surface area (Å²) in [5.74, 6) is -0.946. The maximum Gasteiger partial charge on any atom is 0.410 e. The molecule has 34 heavy (non-hydrogen) atoms. The van der Waals surface area contributed by atoms with Crippen molar-refractivity contribution in [3.63, 3.8) is 0 Å². The summed E-state index contributed by atoms with van der Waals surface area (Å²) in [5, 5.41) is 9.79. The highest BCUT2D eigenvalue weighted by Gasteiger charge is 2.40. The van der Waals surface area contributed by atoms with Gasteiger partial charge in [0.2, 0.25) is 5.91 Å². The van der Waals surface area contributed by atoms with Crippen LogP contribution in [0, 0.1) is 5.92 Å². The Bertz CT molecular complexity index is 832. The number of carbonyl (C=O) groups is 2. The van der Waals surface area contributed by atoms with E-state index >= 15 is 0 Å². The molecule has 196 valence electrons. The molecule has 1 saturated carbocycles. The molecule has 5 atom stereocenters. The molecule has 0 bridgehead atoms. The highest BCUT2D eigenvalue weighted by molar-refractivity contribution is 7.91.